The number of hydrogen-bond donors (Lipinski definition) is 1. The highest BCUT2D eigenvalue weighted by atomic mass is 32.1. The molecule has 2 nitrogen and oxygen atoms in total. The van der Waals surface area contributed by atoms with Crippen LogP contribution in [0.5, 0.6) is 0 Å². The van der Waals surface area contributed by atoms with Gasteiger partial charge < -0.3 is 9.55 Å². The first-order valence-corrected chi connectivity index (χ1v) is 7.00. The summed E-state index contributed by atoms with van der Waals surface area (Å²) in [4.78, 5) is 4.54. The van der Waals surface area contributed by atoms with E-state index in [1.807, 2.05) is 6.20 Å². The Bertz CT molecular complexity index is 567. The zero-order valence-electron chi connectivity index (χ0n) is 10.7. The van der Waals surface area contributed by atoms with Crippen LogP contribution in [0.1, 0.15) is 36.9 Å². The highest BCUT2D eigenvalue weighted by Crippen LogP contribution is 2.25. The Morgan fingerprint density at radius 3 is 2.65 bits per heavy atom. The molecular formula is C13H18N2S2. The largest absolute Gasteiger partial charge is 0.337 e. The van der Waals surface area contributed by atoms with Gasteiger partial charge in [-0.15, -0.1) is 11.3 Å². The predicted molar refractivity (Wildman–Crippen MR) is 76.5 cm³/mol. The molecule has 0 spiro atoms. The fraction of sp³-hybridized carbons (Fsp3) is 0.462. The molecule has 1 N–H and O–H groups in total. The third kappa shape index (κ3) is 2.53. The van der Waals surface area contributed by atoms with E-state index in [0.717, 1.165) is 11.3 Å². The van der Waals surface area contributed by atoms with E-state index in [1.54, 1.807) is 11.3 Å². The number of imidazole rings is 1. The van der Waals surface area contributed by atoms with Gasteiger partial charge in [0, 0.05) is 22.2 Å². The number of hydrogen-bond acceptors (Lipinski definition) is 2. The first-order valence-electron chi connectivity index (χ1n) is 5.71. The van der Waals surface area contributed by atoms with Gasteiger partial charge >= 0.3 is 0 Å². The van der Waals surface area contributed by atoms with Crippen molar-refractivity contribution in [2.24, 2.45) is 0 Å². The normalized spacial score (nSPS) is 12.0. The SMILES string of the molecule is Cc1ccsc1Cn1c(C(C)(C)C)c[nH]c1=S. The molecule has 0 atom stereocenters. The predicted octanol–water partition coefficient (Wildman–Crippen LogP) is 4.26. The fourth-order valence-corrected chi connectivity index (χ4v) is 3.00. The second kappa shape index (κ2) is 4.42. The Morgan fingerprint density at radius 2 is 2.12 bits per heavy atom. The lowest BCUT2D eigenvalue weighted by Gasteiger charge is -2.20. The van der Waals surface area contributed by atoms with Crippen molar-refractivity contribution >= 4 is 23.6 Å². The average molecular weight is 266 g/mol. The van der Waals surface area contributed by atoms with Crippen LogP contribution in [0.4, 0.5) is 0 Å². The number of thiophene rings is 1. The van der Waals surface area contributed by atoms with Crippen LogP contribution in [0.25, 0.3) is 0 Å². The number of H-pyrrole nitrogens is 1. The minimum atomic E-state index is 0.110. The number of aromatic nitrogens is 2. The quantitative estimate of drug-likeness (QED) is 0.805. The molecule has 2 aromatic rings. The Balaban J connectivity index is 2.43. The molecule has 0 aliphatic rings. The summed E-state index contributed by atoms with van der Waals surface area (Å²) in [6.45, 7) is 9.66. The maximum Gasteiger partial charge on any atom is 0.177 e. The van der Waals surface area contributed by atoms with E-state index in [9.17, 15) is 0 Å². The van der Waals surface area contributed by atoms with E-state index in [2.05, 4.69) is 48.7 Å². The molecule has 17 heavy (non-hydrogen) atoms. The second-order valence-electron chi connectivity index (χ2n) is 5.34. The molecule has 0 saturated heterocycles. The summed E-state index contributed by atoms with van der Waals surface area (Å²) in [5.74, 6) is 0. The van der Waals surface area contributed by atoms with Crippen LogP contribution in [-0.4, -0.2) is 9.55 Å². The van der Waals surface area contributed by atoms with E-state index in [0.29, 0.717) is 0 Å². The van der Waals surface area contributed by atoms with Gasteiger partial charge in [0.25, 0.3) is 0 Å². The number of nitrogens with one attached hydrogen (secondary N) is 1. The van der Waals surface area contributed by atoms with Gasteiger partial charge in [0.15, 0.2) is 4.77 Å². The van der Waals surface area contributed by atoms with Crippen LogP contribution in [0, 0.1) is 11.7 Å². The summed E-state index contributed by atoms with van der Waals surface area (Å²) < 4.78 is 3.01. The van der Waals surface area contributed by atoms with Gasteiger partial charge in [-0.2, -0.15) is 0 Å². The van der Waals surface area contributed by atoms with Gasteiger partial charge in [-0.05, 0) is 36.2 Å². The minimum Gasteiger partial charge on any atom is -0.337 e. The van der Waals surface area contributed by atoms with E-state index < -0.39 is 0 Å². The van der Waals surface area contributed by atoms with Gasteiger partial charge in [-0.3, -0.25) is 0 Å². The third-order valence-electron chi connectivity index (χ3n) is 2.91. The summed E-state index contributed by atoms with van der Waals surface area (Å²) in [5, 5.41) is 2.14. The first-order chi connectivity index (χ1) is 7.89. The van der Waals surface area contributed by atoms with Crippen LogP contribution in [0.2, 0.25) is 0 Å². The standard InChI is InChI=1S/C13H18N2S2/c1-9-5-6-17-10(9)8-15-11(13(2,3)4)7-14-12(15)16/h5-7H,8H2,1-4H3,(H,14,16). The maximum atomic E-state index is 5.37. The van der Waals surface area contributed by atoms with Crippen molar-refractivity contribution in [3.05, 3.63) is 38.5 Å². The van der Waals surface area contributed by atoms with Crippen molar-refractivity contribution in [2.45, 2.75) is 39.7 Å². The molecule has 2 heterocycles. The zero-order valence-corrected chi connectivity index (χ0v) is 12.3. The molecule has 0 unspecified atom stereocenters. The summed E-state index contributed by atoms with van der Waals surface area (Å²) >= 11 is 7.16. The molecule has 92 valence electrons. The van der Waals surface area contributed by atoms with Crippen LogP contribution in [-0.2, 0) is 12.0 Å². The van der Waals surface area contributed by atoms with Crippen molar-refractivity contribution in [1.82, 2.24) is 9.55 Å². The lowest BCUT2D eigenvalue weighted by Crippen LogP contribution is -2.18. The highest BCUT2D eigenvalue weighted by molar-refractivity contribution is 7.71. The molecule has 0 saturated carbocycles. The summed E-state index contributed by atoms with van der Waals surface area (Å²) in [6.07, 6.45) is 2.03. The lowest BCUT2D eigenvalue weighted by molar-refractivity contribution is 0.530. The Labute approximate surface area is 111 Å². The van der Waals surface area contributed by atoms with Crippen molar-refractivity contribution in [1.29, 1.82) is 0 Å². The topological polar surface area (TPSA) is 20.7 Å². The van der Waals surface area contributed by atoms with Crippen molar-refractivity contribution in [2.75, 3.05) is 0 Å². The molecule has 2 rings (SSSR count). The van der Waals surface area contributed by atoms with Gasteiger partial charge in [0.1, 0.15) is 0 Å². The summed E-state index contributed by atoms with van der Waals surface area (Å²) in [5.41, 5.74) is 2.71. The second-order valence-corrected chi connectivity index (χ2v) is 6.73. The Hall–Kier alpha value is -0.870. The zero-order chi connectivity index (χ0) is 12.6. The van der Waals surface area contributed by atoms with Crippen molar-refractivity contribution < 1.29 is 0 Å². The number of rotatable bonds is 2. The lowest BCUT2D eigenvalue weighted by atomic mass is 9.92. The van der Waals surface area contributed by atoms with E-state index in [1.165, 1.54) is 16.1 Å². The fourth-order valence-electron chi connectivity index (χ4n) is 1.88. The first kappa shape index (κ1) is 12.6. The molecule has 0 radical (unpaired) electrons. The summed E-state index contributed by atoms with van der Waals surface area (Å²) in [7, 11) is 0. The van der Waals surface area contributed by atoms with Crippen LogP contribution < -0.4 is 0 Å². The van der Waals surface area contributed by atoms with Gasteiger partial charge in [-0.25, -0.2) is 0 Å². The summed E-state index contributed by atoms with van der Waals surface area (Å²) in [6, 6.07) is 2.16. The van der Waals surface area contributed by atoms with E-state index in [4.69, 9.17) is 12.2 Å². The molecule has 0 bridgehead atoms. The van der Waals surface area contributed by atoms with Gasteiger partial charge in [-0.1, -0.05) is 20.8 Å². The third-order valence-corrected chi connectivity index (χ3v) is 4.25. The van der Waals surface area contributed by atoms with Crippen molar-refractivity contribution in [3.8, 4) is 0 Å². The number of aryl methyl sites for hydroxylation is 1. The van der Waals surface area contributed by atoms with Crippen LogP contribution >= 0.6 is 23.6 Å². The molecule has 0 fully saturated rings. The monoisotopic (exact) mass is 266 g/mol. The van der Waals surface area contributed by atoms with E-state index in [-0.39, 0.29) is 5.41 Å². The molecule has 0 aliphatic carbocycles. The molecule has 0 aliphatic heterocycles. The molecular weight excluding hydrogens is 248 g/mol. The van der Waals surface area contributed by atoms with Gasteiger partial charge in [0.05, 0.1) is 6.54 Å². The Morgan fingerprint density at radius 1 is 1.41 bits per heavy atom. The average Bonchev–Trinajstić information content (AvgIpc) is 2.75. The van der Waals surface area contributed by atoms with Crippen molar-refractivity contribution in [3.63, 3.8) is 0 Å². The minimum absolute atomic E-state index is 0.110. The van der Waals surface area contributed by atoms with Crippen LogP contribution in [0.3, 0.4) is 0 Å². The maximum absolute atomic E-state index is 5.37. The smallest absolute Gasteiger partial charge is 0.177 e. The molecule has 4 heteroatoms. The Kier molecular flexibility index (Phi) is 3.27. The van der Waals surface area contributed by atoms with E-state index >= 15 is 0 Å². The van der Waals surface area contributed by atoms with Crippen LogP contribution in [0.15, 0.2) is 17.6 Å². The highest BCUT2D eigenvalue weighted by Gasteiger charge is 2.19. The number of aromatic amines is 1. The molecule has 0 aromatic carbocycles. The number of nitrogens with zero attached hydrogens (tertiary/aromatic N) is 1. The molecule has 2 aromatic heterocycles. The van der Waals surface area contributed by atoms with Gasteiger partial charge in [0.2, 0.25) is 0 Å². The molecule has 0 amide bonds.